The summed E-state index contributed by atoms with van der Waals surface area (Å²) in [6.45, 7) is 1.37. The number of nitrogens with zero attached hydrogens (tertiary/aromatic N) is 2. The number of aromatic nitrogens is 2. The average Bonchev–Trinajstić information content (AvgIpc) is 3.15. The van der Waals surface area contributed by atoms with E-state index in [2.05, 4.69) is 20.6 Å². The van der Waals surface area contributed by atoms with E-state index in [0.29, 0.717) is 18.0 Å². The molecule has 3 heterocycles. The number of carbonyl (C=O) groups is 1. The Labute approximate surface area is 116 Å². The molecule has 0 unspecified atom stereocenters. The van der Waals surface area contributed by atoms with Crippen LogP contribution in [-0.4, -0.2) is 22.4 Å². The predicted molar refractivity (Wildman–Crippen MR) is 71.9 cm³/mol. The largest absolute Gasteiger partial charge is 0.446 e. The van der Waals surface area contributed by atoms with Gasteiger partial charge in [-0.1, -0.05) is 6.07 Å². The highest BCUT2D eigenvalue weighted by Crippen LogP contribution is 2.25. The van der Waals surface area contributed by atoms with E-state index in [1.165, 1.54) is 6.39 Å². The monoisotopic (exact) mass is 272 g/mol. The lowest BCUT2D eigenvalue weighted by Crippen LogP contribution is -2.25. The second-order valence-corrected chi connectivity index (χ2v) is 4.76. The van der Waals surface area contributed by atoms with E-state index in [1.807, 2.05) is 12.1 Å². The molecule has 0 bridgehead atoms. The third-order valence-electron chi connectivity index (χ3n) is 3.36. The number of amides is 1. The van der Waals surface area contributed by atoms with Crippen LogP contribution in [0.4, 0.5) is 0 Å². The van der Waals surface area contributed by atoms with E-state index < -0.39 is 0 Å². The number of carbonyl (C=O) groups excluding carboxylic acids is 1. The zero-order valence-corrected chi connectivity index (χ0v) is 11.0. The van der Waals surface area contributed by atoms with Gasteiger partial charge in [-0.25, -0.2) is 4.98 Å². The van der Waals surface area contributed by atoms with Crippen molar-refractivity contribution in [2.75, 3.05) is 6.54 Å². The molecular weight excluding hydrogens is 256 g/mol. The molecule has 0 radical (unpaired) electrons. The van der Waals surface area contributed by atoms with Crippen molar-refractivity contribution in [2.24, 2.45) is 0 Å². The molecule has 1 aliphatic rings. The first kappa shape index (κ1) is 12.8. The van der Waals surface area contributed by atoms with Crippen LogP contribution in [0.1, 0.15) is 40.7 Å². The Morgan fingerprint density at radius 1 is 1.55 bits per heavy atom. The summed E-state index contributed by atoms with van der Waals surface area (Å²) in [7, 11) is 0. The summed E-state index contributed by atoms with van der Waals surface area (Å²) in [5.41, 5.74) is 1.32. The van der Waals surface area contributed by atoms with Crippen molar-refractivity contribution in [1.29, 1.82) is 0 Å². The number of hydrogen-bond donors (Lipinski definition) is 2. The molecule has 20 heavy (non-hydrogen) atoms. The van der Waals surface area contributed by atoms with Gasteiger partial charge in [0.2, 0.25) is 0 Å². The standard InChI is InChI=1S/C14H16N4O2/c19-14(17-8-10-3-1-5-15-7-10)12-13(20-9-18-12)11-4-2-6-16-11/h1,3,5,7,9,11,16H,2,4,6,8H2,(H,17,19)/t11-/m0/s1. The molecule has 2 N–H and O–H groups in total. The minimum absolute atomic E-state index is 0.0941. The van der Waals surface area contributed by atoms with Crippen molar-refractivity contribution in [3.8, 4) is 0 Å². The molecule has 0 aromatic carbocycles. The molecule has 1 atom stereocenters. The molecule has 1 amide bonds. The summed E-state index contributed by atoms with van der Waals surface area (Å²) in [5, 5.41) is 6.14. The summed E-state index contributed by atoms with van der Waals surface area (Å²) in [5.74, 6) is 0.414. The Morgan fingerprint density at radius 3 is 3.25 bits per heavy atom. The van der Waals surface area contributed by atoms with Crippen LogP contribution in [0.2, 0.25) is 0 Å². The van der Waals surface area contributed by atoms with Crippen molar-refractivity contribution in [1.82, 2.24) is 20.6 Å². The second-order valence-electron chi connectivity index (χ2n) is 4.76. The maximum absolute atomic E-state index is 12.2. The molecule has 3 rings (SSSR count). The molecule has 104 valence electrons. The van der Waals surface area contributed by atoms with Gasteiger partial charge >= 0.3 is 0 Å². The average molecular weight is 272 g/mol. The minimum Gasteiger partial charge on any atom is -0.446 e. The van der Waals surface area contributed by atoms with Crippen LogP contribution in [0.25, 0.3) is 0 Å². The lowest BCUT2D eigenvalue weighted by Gasteiger charge is -2.09. The highest BCUT2D eigenvalue weighted by Gasteiger charge is 2.26. The zero-order chi connectivity index (χ0) is 13.8. The number of oxazole rings is 1. The van der Waals surface area contributed by atoms with E-state index in [0.717, 1.165) is 24.9 Å². The molecule has 6 nitrogen and oxygen atoms in total. The van der Waals surface area contributed by atoms with Gasteiger partial charge in [0.15, 0.2) is 17.8 Å². The Kier molecular flexibility index (Phi) is 3.73. The van der Waals surface area contributed by atoms with Crippen molar-refractivity contribution in [3.63, 3.8) is 0 Å². The van der Waals surface area contributed by atoms with Gasteiger partial charge in [-0.05, 0) is 31.0 Å². The summed E-state index contributed by atoms with van der Waals surface area (Å²) in [6.07, 6.45) is 6.81. The van der Waals surface area contributed by atoms with Crippen LogP contribution in [0.3, 0.4) is 0 Å². The molecule has 1 saturated heterocycles. The fourth-order valence-electron chi connectivity index (χ4n) is 2.35. The topological polar surface area (TPSA) is 80.1 Å². The van der Waals surface area contributed by atoms with Crippen LogP contribution in [0, 0.1) is 0 Å². The Bertz CT molecular complexity index is 576. The molecule has 0 saturated carbocycles. The van der Waals surface area contributed by atoms with Crippen LogP contribution in [0.15, 0.2) is 35.3 Å². The lowest BCUT2D eigenvalue weighted by atomic mass is 10.1. The smallest absolute Gasteiger partial charge is 0.273 e. The van der Waals surface area contributed by atoms with Gasteiger partial charge in [-0.2, -0.15) is 0 Å². The van der Waals surface area contributed by atoms with Crippen LogP contribution < -0.4 is 10.6 Å². The van der Waals surface area contributed by atoms with Gasteiger partial charge in [0.1, 0.15) is 0 Å². The van der Waals surface area contributed by atoms with Crippen molar-refractivity contribution in [3.05, 3.63) is 47.9 Å². The number of nitrogens with one attached hydrogen (secondary N) is 2. The van der Waals surface area contributed by atoms with E-state index >= 15 is 0 Å². The number of pyridine rings is 1. The van der Waals surface area contributed by atoms with Crippen LogP contribution in [0.5, 0.6) is 0 Å². The van der Waals surface area contributed by atoms with Gasteiger partial charge in [-0.15, -0.1) is 0 Å². The summed E-state index contributed by atoms with van der Waals surface area (Å²) < 4.78 is 5.37. The predicted octanol–water partition coefficient (Wildman–Crippen LogP) is 1.42. The molecule has 1 fully saturated rings. The summed E-state index contributed by atoms with van der Waals surface area (Å²) >= 11 is 0. The van der Waals surface area contributed by atoms with Gasteiger partial charge < -0.3 is 15.1 Å². The fraction of sp³-hybridized carbons (Fsp3) is 0.357. The molecule has 2 aromatic rings. The molecule has 2 aromatic heterocycles. The molecule has 1 aliphatic heterocycles. The Hall–Kier alpha value is -2.21. The highest BCUT2D eigenvalue weighted by molar-refractivity contribution is 5.93. The van der Waals surface area contributed by atoms with Gasteiger partial charge in [0, 0.05) is 18.9 Å². The first-order chi connectivity index (χ1) is 9.84. The molecule has 0 spiro atoms. The van der Waals surface area contributed by atoms with E-state index in [9.17, 15) is 4.79 Å². The van der Waals surface area contributed by atoms with Crippen LogP contribution >= 0.6 is 0 Å². The van der Waals surface area contributed by atoms with Crippen molar-refractivity contribution < 1.29 is 9.21 Å². The second kappa shape index (κ2) is 5.83. The van der Waals surface area contributed by atoms with Crippen molar-refractivity contribution >= 4 is 5.91 Å². The zero-order valence-electron chi connectivity index (χ0n) is 11.0. The fourth-order valence-corrected chi connectivity index (χ4v) is 2.35. The number of rotatable bonds is 4. The minimum atomic E-state index is -0.216. The van der Waals surface area contributed by atoms with Gasteiger partial charge in [-0.3, -0.25) is 9.78 Å². The molecular formula is C14H16N4O2. The van der Waals surface area contributed by atoms with Crippen molar-refractivity contribution in [2.45, 2.75) is 25.4 Å². The lowest BCUT2D eigenvalue weighted by molar-refractivity contribution is 0.0943. The quantitative estimate of drug-likeness (QED) is 0.880. The number of hydrogen-bond acceptors (Lipinski definition) is 5. The normalized spacial score (nSPS) is 18.1. The maximum atomic E-state index is 12.2. The Balaban J connectivity index is 1.67. The summed E-state index contributed by atoms with van der Waals surface area (Å²) in [4.78, 5) is 20.2. The first-order valence-electron chi connectivity index (χ1n) is 6.68. The molecule has 0 aliphatic carbocycles. The third-order valence-corrected chi connectivity index (χ3v) is 3.36. The van der Waals surface area contributed by atoms with Crippen LogP contribution in [-0.2, 0) is 6.54 Å². The van der Waals surface area contributed by atoms with E-state index in [4.69, 9.17) is 4.42 Å². The van der Waals surface area contributed by atoms with Gasteiger partial charge in [0.25, 0.3) is 5.91 Å². The molecule has 6 heteroatoms. The van der Waals surface area contributed by atoms with E-state index in [-0.39, 0.29) is 11.9 Å². The van der Waals surface area contributed by atoms with Gasteiger partial charge in [0.05, 0.1) is 6.04 Å². The third kappa shape index (κ3) is 2.70. The van der Waals surface area contributed by atoms with E-state index in [1.54, 1.807) is 12.4 Å². The summed E-state index contributed by atoms with van der Waals surface area (Å²) in [6, 6.07) is 3.85. The Morgan fingerprint density at radius 2 is 2.50 bits per heavy atom. The maximum Gasteiger partial charge on any atom is 0.273 e. The SMILES string of the molecule is O=C(NCc1cccnc1)c1ncoc1[C@@H]1CCCN1. The highest BCUT2D eigenvalue weighted by atomic mass is 16.3. The first-order valence-corrected chi connectivity index (χ1v) is 6.68.